The van der Waals surface area contributed by atoms with Gasteiger partial charge in [0, 0.05) is 30.0 Å². The van der Waals surface area contributed by atoms with Crippen LogP contribution in [0.5, 0.6) is 0 Å². The number of carbonyl (C=O) groups is 2. The lowest BCUT2D eigenvalue weighted by atomic mass is 10.2. The summed E-state index contributed by atoms with van der Waals surface area (Å²) in [5.74, 6) is -1.56. The third-order valence-corrected chi connectivity index (χ3v) is 6.62. The van der Waals surface area contributed by atoms with Gasteiger partial charge >= 0.3 is 0 Å². The van der Waals surface area contributed by atoms with Gasteiger partial charge in [0.15, 0.2) is 9.84 Å². The third kappa shape index (κ3) is 4.41. The molecule has 0 atom stereocenters. The lowest BCUT2D eigenvalue weighted by Gasteiger charge is -2.19. The van der Waals surface area contributed by atoms with E-state index in [-0.39, 0.29) is 17.2 Å². The smallest absolute Gasteiger partial charge is 0.225 e. The van der Waals surface area contributed by atoms with Gasteiger partial charge in [-0.1, -0.05) is 15.9 Å². The highest BCUT2D eigenvalue weighted by Gasteiger charge is 2.31. The zero-order chi connectivity index (χ0) is 20.5. The number of halogens is 2. The summed E-state index contributed by atoms with van der Waals surface area (Å²) in [4.78, 5) is 25.5. The van der Waals surface area contributed by atoms with E-state index in [1.54, 1.807) is 6.07 Å². The van der Waals surface area contributed by atoms with Crippen LogP contribution in [-0.4, -0.2) is 32.5 Å². The molecule has 1 heterocycles. The van der Waals surface area contributed by atoms with E-state index < -0.39 is 27.3 Å². The minimum absolute atomic E-state index is 0.0409. The fourth-order valence-corrected chi connectivity index (χ4v) is 5.29. The molecule has 1 aliphatic rings. The first-order valence-corrected chi connectivity index (χ1v) is 11.0. The van der Waals surface area contributed by atoms with Gasteiger partial charge in [0.2, 0.25) is 11.8 Å². The molecular formula is C19H18BrFN2O4S. The van der Waals surface area contributed by atoms with Crippen LogP contribution in [0, 0.1) is 5.82 Å². The molecule has 1 aliphatic heterocycles. The van der Waals surface area contributed by atoms with E-state index in [0.717, 1.165) is 5.56 Å². The lowest BCUT2D eigenvalue weighted by Crippen LogP contribution is -2.27. The number of nitrogens with one attached hydrogen (secondary N) is 1. The van der Waals surface area contributed by atoms with Crippen molar-refractivity contribution in [2.45, 2.75) is 24.7 Å². The molecule has 0 unspecified atom stereocenters. The first-order valence-electron chi connectivity index (χ1n) is 8.56. The van der Waals surface area contributed by atoms with Crippen LogP contribution in [0.4, 0.5) is 15.8 Å². The summed E-state index contributed by atoms with van der Waals surface area (Å²) in [5.41, 5.74) is 1.56. The van der Waals surface area contributed by atoms with Gasteiger partial charge in [-0.05, 0) is 48.4 Å². The van der Waals surface area contributed by atoms with Crippen molar-refractivity contribution >= 4 is 49.0 Å². The van der Waals surface area contributed by atoms with Gasteiger partial charge < -0.3 is 10.2 Å². The van der Waals surface area contributed by atoms with Gasteiger partial charge in [0.25, 0.3) is 0 Å². The molecular weight excluding hydrogens is 451 g/mol. The number of nitrogens with zero attached hydrogens (tertiary/aromatic N) is 1. The van der Waals surface area contributed by atoms with Gasteiger partial charge in [-0.15, -0.1) is 0 Å². The topological polar surface area (TPSA) is 83.6 Å². The van der Waals surface area contributed by atoms with Crippen LogP contribution in [0.3, 0.4) is 0 Å². The second kappa shape index (κ2) is 8.00. The van der Waals surface area contributed by atoms with Crippen molar-refractivity contribution in [3.8, 4) is 0 Å². The molecule has 2 amide bonds. The highest BCUT2D eigenvalue weighted by atomic mass is 79.9. The second-order valence-electron chi connectivity index (χ2n) is 6.46. The van der Waals surface area contributed by atoms with Gasteiger partial charge in [0.1, 0.15) is 5.82 Å². The van der Waals surface area contributed by atoms with Crippen molar-refractivity contribution in [2.75, 3.05) is 22.5 Å². The second-order valence-corrected chi connectivity index (χ2v) is 9.45. The molecule has 0 saturated carbocycles. The summed E-state index contributed by atoms with van der Waals surface area (Å²) in [7, 11) is -3.81. The maximum absolute atomic E-state index is 12.9. The predicted octanol–water partition coefficient (Wildman–Crippen LogP) is 3.30. The number of rotatable bonds is 5. The van der Waals surface area contributed by atoms with Crippen LogP contribution in [0.25, 0.3) is 0 Å². The minimum atomic E-state index is -3.81. The molecule has 148 valence electrons. The Morgan fingerprint density at radius 3 is 2.54 bits per heavy atom. The van der Waals surface area contributed by atoms with E-state index in [9.17, 15) is 22.4 Å². The molecule has 9 heteroatoms. The zero-order valence-electron chi connectivity index (χ0n) is 15.0. The number of amides is 2. The molecule has 28 heavy (non-hydrogen) atoms. The van der Waals surface area contributed by atoms with E-state index in [0.29, 0.717) is 28.8 Å². The van der Waals surface area contributed by atoms with E-state index in [4.69, 9.17) is 0 Å². The van der Waals surface area contributed by atoms with Crippen molar-refractivity contribution in [3.63, 3.8) is 0 Å². The quantitative estimate of drug-likeness (QED) is 0.729. The summed E-state index contributed by atoms with van der Waals surface area (Å²) >= 11 is 3.32. The standard InChI is InChI=1S/C19H18BrFN2O4S/c1-12(24)23-8-6-13-10-14(20)11-17(19(13)23)28(26,27)9-7-18(25)22-16-4-2-15(21)3-5-16/h2-5,10-11H,6-9H2,1H3,(H,22,25). The van der Waals surface area contributed by atoms with E-state index in [1.807, 2.05) is 0 Å². The highest BCUT2D eigenvalue weighted by molar-refractivity contribution is 9.10. The zero-order valence-corrected chi connectivity index (χ0v) is 17.4. The first kappa shape index (κ1) is 20.5. The van der Waals surface area contributed by atoms with Crippen LogP contribution in [-0.2, 0) is 25.8 Å². The molecule has 2 aromatic carbocycles. The summed E-state index contributed by atoms with van der Waals surface area (Å²) in [6.45, 7) is 1.82. The Hall–Kier alpha value is -2.26. The largest absolute Gasteiger partial charge is 0.326 e. The summed E-state index contributed by atoms with van der Waals surface area (Å²) in [6.07, 6.45) is 0.309. The number of sulfone groups is 1. The average Bonchev–Trinajstić information content (AvgIpc) is 3.05. The third-order valence-electron chi connectivity index (χ3n) is 4.43. The Morgan fingerprint density at radius 2 is 1.89 bits per heavy atom. The van der Waals surface area contributed by atoms with Crippen molar-refractivity contribution < 1.29 is 22.4 Å². The Kier molecular flexibility index (Phi) is 5.85. The Bertz CT molecular complexity index is 1040. The van der Waals surface area contributed by atoms with Crippen molar-refractivity contribution in [2.24, 2.45) is 0 Å². The van der Waals surface area contributed by atoms with Crippen LogP contribution in [0.1, 0.15) is 18.9 Å². The molecule has 1 N–H and O–H groups in total. The van der Waals surface area contributed by atoms with Crippen molar-refractivity contribution in [1.29, 1.82) is 0 Å². The maximum atomic E-state index is 12.9. The summed E-state index contributed by atoms with van der Waals surface area (Å²) in [5, 5.41) is 2.54. The normalized spacial score (nSPS) is 13.3. The van der Waals surface area contributed by atoms with Crippen molar-refractivity contribution in [3.05, 3.63) is 52.3 Å². The van der Waals surface area contributed by atoms with Gasteiger partial charge in [0.05, 0.1) is 16.3 Å². The summed E-state index contributed by atoms with van der Waals surface area (Å²) in [6, 6.07) is 8.47. The molecule has 0 aromatic heterocycles. The van der Waals surface area contributed by atoms with Gasteiger partial charge in [-0.3, -0.25) is 9.59 Å². The van der Waals surface area contributed by atoms with Gasteiger partial charge in [-0.2, -0.15) is 0 Å². The van der Waals surface area contributed by atoms with Crippen LogP contribution < -0.4 is 10.2 Å². The molecule has 3 rings (SSSR count). The van der Waals surface area contributed by atoms with Crippen LogP contribution in [0.2, 0.25) is 0 Å². The number of hydrogen-bond acceptors (Lipinski definition) is 4. The molecule has 0 fully saturated rings. The molecule has 0 saturated heterocycles. The molecule has 2 aromatic rings. The van der Waals surface area contributed by atoms with Crippen LogP contribution in [0.15, 0.2) is 45.8 Å². The molecule has 6 nitrogen and oxygen atoms in total. The van der Waals surface area contributed by atoms with Crippen LogP contribution >= 0.6 is 15.9 Å². The Morgan fingerprint density at radius 1 is 1.21 bits per heavy atom. The minimum Gasteiger partial charge on any atom is -0.326 e. The maximum Gasteiger partial charge on any atom is 0.225 e. The predicted molar refractivity (Wildman–Crippen MR) is 108 cm³/mol. The molecule has 0 radical (unpaired) electrons. The van der Waals surface area contributed by atoms with Gasteiger partial charge in [-0.25, -0.2) is 12.8 Å². The van der Waals surface area contributed by atoms with E-state index >= 15 is 0 Å². The number of benzene rings is 2. The lowest BCUT2D eigenvalue weighted by molar-refractivity contribution is -0.117. The molecule has 0 bridgehead atoms. The van der Waals surface area contributed by atoms with E-state index in [1.165, 1.54) is 42.2 Å². The fraction of sp³-hybridized carbons (Fsp3) is 0.263. The molecule has 0 aliphatic carbocycles. The summed E-state index contributed by atoms with van der Waals surface area (Å²) < 4.78 is 39.4. The monoisotopic (exact) mass is 468 g/mol. The fourth-order valence-electron chi connectivity index (χ4n) is 3.11. The van der Waals surface area contributed by atoms with E-state index in [2.05, 4.69) is 21.2 Å². The first-order chi connectivity index (χ1) is 13.2. The SMILES string of the molecule is CC(=O)N1CCc2cc(Br)cc(S(=O)(=O)CCC(=O)Nc3ccc(F)cc3)c21. The Labute approximate surface area is 170 Å². The number of carbonyl (C=O) groups excluding carboxylic acids is 2. The average molecular weight is 469 g/mol. The molecule has 0 spiro atoms. The number of fused-ring (bicyclic) bond motifs is 1. The number of anilines is 2. The number of hydrogen-bond donors (Lipinski definition) is 1. The van der Waals surface area contributed by atoms with Crippen molar-refractivity contribution in [1.82, 2.24) is 0 Å². The highest BCUT2D eigenvalue weighted by Crippen LogP contribution is 2.38. The Balaban J connectivity index is 1.79.